The topological polar surface area (TPSA) is 49.4 Å². The molecule has 0 radical (unpaired) electrons. The summed E-state index contributed by atoms with van der Waals surface area (Å²) in [4.78, 5) is 28.3. The fraction of sp³-hybridized carbons (Fsp3) is 0.214. The Bertz CT molecular complexity index is 1280. The zero-order chi connectivity index (χ0) is 23.9. The van der Waals surface area contributed by atoms with E-state index in [-0.39, 0.29) is 17.0 Å². The molecule has 1 N–H and O–H groups in total. The molecule has 0 bridgehead atoms. The molecular formula is C28H27ClN2O2. The van der Waals surface area contributed by atoms with Crippen molar-refractivity contribution in [1.82, 2.24) is 0 Å². The Morgan fingerprint density at radius 2 is 1.52 bits per heavy atom. The third kappa shape index (κ3) is 4.44. The lowest BCUT2D eigenvalue weighted by atomic mass is 9.87. The van der Waals surface area contributed by atoms with E-state index in [1.807, 2.05) is 56.3 Å². The van der Waals surface area contributed by atoms with E-state index in [9.17, 15) is 9.59 Å². The van der Waals surface area contributed by atoms with Gasteiger partial charge in [-0.25, -0.2) is 4.90 Å². The Morgan fingerprint density at radius 1 is 0.818 bits per heavy atom. The molecule has 1 aliphatic heterocycles. The van der Waals surface area contributed by atoms with E-state index >= 15 is 0 Å². The number of imide groups is 1. The van der Waals surface area contributed by atoms with Crippen molar-refractivity contribution >= 4 is 40.4 Å². The molecule has 2 amide bonds. The molecule has 1 aliphatic rings. The number of hydrogen-bond acceptors (Lipinski definition) is 3. The molecule has 4 nitrogen and oxygen atoms in total. The predicted molar refractivity (Wildman–Crippen MR) is 136 cm³/mol. The summed E-state index contributed by atoms with van der Waals surface area (Å²) >= 11 is 6.15. The zero-order valence-corrected chi connectivity index (χ0v) is 20.2. The SMILES string of the molecule is Cc1ccc(C2=C(Nc3ccc(C(C)(C)C)cc3)C(=O)N(c3cccc(Cl)c3)C2=O)cc1C. The highest BCUT2D eigenvalue weighted by molar-refractivity contribution is 6.46. The van der Waals surface area contributed by atoms with Crippen molar-refractivity contribution in [3.63, 3.8) is 0 Å². The average molecular weight is 459 g/mol. The molecule has 0 aliphatic carbocycles. The van der Waals surface area contributed by atoms with Crippen LogP contribution in [0.15, 0.2) is 72.4 Å². The standard InChI is InChI=1S/C28H27ClN2O2/c1-17-9-10-19(15-18(17)2)24-25(30-22-13-11-20(12-14-22)28(3,4)5)27(33)31(26(24)32)23-8-6-7-21(29)16-23/h6-16,30H,1-5H3. The van der Waals surface area contributed by atoms with E-state index < -0.39 is 5.91 Å². The predicted octanol–water partition coefficient (Wildman–Crippen LogP) is 6.65. The van der Waals surface area contributed by atoms with Crippen LogP contribution < -0.4 is 10.2 Å². The molecule has 0 unspecified atom stereocenters. The summed E-state index contributed by atoms with van der Waals surface area (Å²) in [5.41, 5.74) is 5.87. The van der Waals surface area contributed by atoms with Gasteiger partial charge in [0.25, 0.3) is 11.8 Å². The minimum Gasteiger partial charge on any atom is -0.350 e. The first-order chi connectivity index (χ1) is 15.6. The smallest absolute Gasteiger partial charge is 0.282 e. The summed E-state index contributed by atoms with van der Waals surface area (Å²) in [6, 6.07) is 20.5. The Labute approximate surface area is 199 Å². The van der Waals surface area contributed by atoms with Gasteiger partial charge in [-0.05, 0) is 71.8 Å². The molecule has 0 saturated carbocycles. The van der Waals surface area contributed by atoms with Crippen LogP contribution in [0.4, 0.5) is 11.4 Å². The third-order valence-electron chi connectivity index (χ3n) is 5.97. The number of hydrogen-bond donors (Lipinski definition) is 1. The van der Waals surface area contributed by atoms with Crippen molar-refractivity contribution in [2.75, 3.05) is 10.2 Å². The maximum Gasteiger partial charge on any atom is 0.282 e. The number of aryl methyl sites for hydroxylation is 2. The van der Waals surface area contributed by atoms with Crippen molar-refractivity contribution in [1.29, 1.82) is 0 Å². The summed E-state index contributed by atoms with van der Waals surface area (Å²) in [5, 5.41) is 3.69. The van der Waals surface area contributed by atoms with E-state index in [4.69, 9.17) is 11.6 Å². The third-order valence-corrected chi connectivity index (χ3v) is 6.20. The van der Waals surface area contributed by atoms with Crippen LogP contribution in [-0.2, 0) is 15.0 Å². The lowest BCUT2D eigenvalue weighted by Gasteiger charge is -2.19. The quantitative estimate of drug-likeness (QED) is 0.445. The second-order valence-electron chi connectivity index (χ2n) is 9.43. The molecule has 0 fully saturated rings. The van der Waals surface area contributed by atoms with Crippen molar-refractivity contribution in [3.8, 4) is 0 Å². The number of nitrogens with one attached hydrogen (secondary N) is 1. The normalized spacial score (nSPS) is 14.3. The first-order valence-corrected chi connectivity index (χ1v) is 11.3. The largest absolute Gasteiger partial charge is 0.350 e. The van der Waals surface area contributed by atoms with Gasteiger partial charge < -0.3 is 5.32 Å². The van der Waals surface area contributed by atoms with Gasteiger partial charge in [0, 0.05) is 10.7 Å². The second kappa shape index (κ2) is 8.53. The van der Waals surface area contributed by atoms with E-state index in [1.165, 1.54) is 10.5 Å². The maximum atomic E-state index is 13.6. The van der Waals surface area contributed by atoms with Crippen LogP contribution in [0, 0.1) is 13.8 Å². The lowest BCUT2D eigenvalue weighted by Crippen LogP contribution is -2.32. The summed E-state index contributed by atoms with van der Waals surface area (Å²) in [5.74, 6) is -0.783. The average Bonchev–Trinajstić information content (AvgIpc) is 2.99. The van der Waals surface area contributed by atoms with Crippen molar-refractivity contribution in [3.05, 3.63) is 99.7 Å². The summed E-state index contributed by atoms with van der Waals surface area (Å²) in [6.07, 6.45) is 0. The number of amides is 2. The van der Waals surface area contributed by atoms with Crippen LogP contribution in [0.25, 0.3) is 5.57 Å². The molecule has 0 aromatic heterocycles. The highest BCUT2D eigenvalue weighted by Gasteiger charge is 2.40. The van der Waals surface area contributed by atoms with Crippen LogP contribution in [-0.4, -0.2) is 11.8 Å². The Morgan fingerprint density at radius 3 is 2.12 bits per heavy atom. The minimum atomic E-state index is -0.407. The number of carbonyl (C=O) groups is 2. The van der Waals surface area contributed by atoms with E-state index in [2.05, 4.69) is 26.1 Å². The van der Waals surface area contributed by atoms with Crippen LogP contribution in [0.2, 0.25) is 5.02 Å². The highest BCUT2D eigenvalue weighted by Crippen LogP contribution is 2.35. The lowest BCUT2D eigenvalue weighted by molar-refractivity contribution is -0.120. The van der Waals surface area contributed by atoms with Crippen LogP contribution in [0.3, 0.4) is 0 Å². The van der Waals surface area contributed by atoms with Crippen molar-refractivity contribution in [2.24, 2.45) is 0 Å². The summed E-state index contributed by atoms with van der Waals surface area (Å²) in [6.45, 7) is 10.5. The fourth-order valence-corrected chi connectivity index (χ4v) is 4.04. The molecule has 33 heavy (non-hydrogen) atoms. The van der Waals surface area contributed by atoms with Crippen molar-refractivity contribution in [2.45, 2.75) is 40.0 Å². The van der Waals surface area contributed by atoms with Gasteiger partial charge in [0.1, 0.15) is 5.70 Å². The number of carbonyl (C=O) groups excluding carboxylic acids is 2. The second-order valence-corrected chi connectivity index (χ2v) is 9.86. The molecule has 0 atom stereocenters. The number of halogens is 1. The van der Waals surface area contributed by atoms with Crippen molar-refractivity contribution < 1.29 is 9.59 Å². The summed E-state index contributed by atoms with van der Waals surface area (Å²) in [7, 11) is 0. The van der Waals surface area contributed by atoms with Gasteiger partial charge in [0.2, 0.25) is 0 Å². The van der Waals surface area contributed by atoms with Gasteiger partial charge in [0.05, 0.1) is 11.3 Å². The maximum absolute atomic E-state index is 13.6. The number of nitrogens with zero attached hydrogens (tertiary/aromatic N) is 1. The first kappa shape index (κ1) is 22.8. The van der Waals surface area contributed by atoms with Gasteiger partial charge in [-0.2, -0.15) is 0 Å². The number of benzene rings is 3. The van der Waals surface area contributed by atoms with E-state index in [0.717, 1.165) is 16.8 Å². The molecule has 3 aromatic rings. The molecule has 5 heteroatoms. The minimum absolute atomic E-state index is 0.0188. The van der Waals surface area contributed by atoms with E-state index in [1.54, 1.807) is 24.3 Å². The Kier molecular flexibility index (Phi) is 5.89. The molecule has 1 heterocycles. The molecule has 3 aromatic carbocycles. The highest BCUT2D eigenvalue weighted by atomic mass is 35.5. The van der Waals surface area contributed by atoms with Crippen LogP contribution >= 0.6 is 11.6 Å². The molecule has 0 spiro atoms. The number of rotatable bonds is 4. The zero-order valence-electron chi connectivity index (χ0n) is 19.5. The van der Waals surface area contributed by atoms with Gasteiger partial charge in [-0.15, -0.1) is 0 Å². The summed E-state index contributed by atoms with van der Waals surface area (Å²) < 4.78 is 0. The van der Waals surface area contributed by atoms with Gasteiger partial charge in [-0.1, -0.05) is 68.8 Å². The van der Waals surface area contributed by atoms with Gasteiger partial charge >= 0.3 is 0 Å². The Hall–Kier alpha value is -3.37. The first-order valence-electron chi connectivity index (χ1n) is 10.9. The van der Waals surface area contributed by atoms with Crippen LogP contribution in [0.5, 0.6) is 0 Å². The molecule has 0 saturated heterocycles. The monoisotopic (exact) mass is 458 g/mol. The molecular weight excluding hydrogens is 432 g/mol. The van der Waals surface area contributed by atoms with Crippen LogP contribution in [0.1, 0.15) is 43.0 Å². The number of anilines is 2. The molecule has 168 valence electrons. The van der Waals surface area contributed by atoms with E-state index in [0.29, 0.717) is 21.8 Å². The Balaban J connectivity index is 1.80. The van der Waals surface area contributed by atoms with Gasteiger partial charge in [0.15, 0.2) is 0 Å². The van der Waals surface area contributed by atoms with Gasteiger partial charge in [-0.3, -0.25) is 9.59 Å². The fourth-order valence-electron chi connectivity index (χ4n) is 3.86. The molecule has 4 rings (SSSR count).